The molecule has 1 atom stereocenters. The van der Waals surface area contributed by atoms with E-state index in [1.54, 1.807) is 12.1 Å². The lowest BCUT2D eigenvalue weighted by molar-refractivity contribution is -0.129. The number of aromatic amines is 1. The van der Waals surface area contributed by atoms with Crippen LogP contribution in [0.15, 0.2) is 35.4 Å². The average Bonchev–Trinajstić information content (AvgIpc) is 3.19. The molecule has 158 valence electrons. The topological polar surface area (TPSA) is 78.1 Å². The van der Waals surface area contributed by atoms with Gasteiger partial charge in [-0.15, -0.1) is 0 Å². The molecule has 7 heteroatoms. The second-order valence-corrected chi connectivity index (χ2v) is 8.19. The minimum Gasteiger partial charge on any atom is -0.352 e. The van der Waals surface area contributed by atoms with Crippen LogP contribution in [0.4, 0.5) is 4.39 Å². The number of fused-ring (bicyclic) bond motifs is 1. The van der Waals surface area contributed by atoms with Crippen molar-refractivity contribution >= 4 is 11.8 Å². The Hall–Kier alpha value is -2.96. The van der Waals surface area contributed by atoms with E-state index in [-0.39, 0.29) is 30.1 Å². The lowest BCUT2D eigenvalue weighted by Gasteiger charge is -2.30. The number of H-pyrrole nitrogens is 1. The molecule has 1 aromatic heterocycles. The van der Waals surface area contributed by atoms with Crippen LogP contribution in [0.2, 0.25) is 0 Å². The SMILES string of the molecule is Cc1n[nH]c(C)c1CNC(=O)CC1=C2CCCCC2N(Cc2ccc(F)cc2)C1=O. The van der Waals surface area contributed by atoms with Crippen LogP contribution in [0.1, 0.15) is 54.6 Å². The van der Waals surface area contributed by atoms with Crippen LogP contribution in [-0.2, 0) is 22.7 Å². The van der Waals surface area contributed by atoms with E-state index >= 15 is 0 Å². The molecule has 4 rings (SSSR count). The second-order valence-electron chi connectivity index (χ2n) is 8.19. The Balaban J connectivity index is 1.46. The zero-order valence-electron chi connectivity index (χ0n) is 17.4. The van der Waals surface area contributed by atoms with Crippen molar-refractivity contribution in [3.63, 3.8) is 0 Å². The molecule has 1 aliphatic heterocycles. The van der Waals surface area contributed by atoms with Gasteiger partial charge in [-0.3, -0.25) is 14.7 Å². The molecular weight excluding hydrogens is 383 g/mol. The van der Waals surface area contributed by atoms with Gasteiger partial charge in [-0.1, -0.05) is 18.6 Å². The maximum atomic E-state index is 13.2. The predicted molar refractivity (Wildman–Crippen MR) is 111 cm³/mol. The van der Waals surface area contributed by atoms with E-state index in [1.807, 2.05) is 18.7 Å². The first-order valence-electron chi connectivity index (χ1n) is 10.5. The summed E-state index contributed by atoms with van der Waals surface area (Å²) < 4.78 is 13.2. The minimum absolute atomic E-state index is 0.0532. The van der Waals surface area contributed by atoms with E-state index in [1.165, 1.54) is 12.1 Å². The number of benzene rings is 1. The molecule has 6 nitrogen and oxygen atoms in total. The number of carbonyl (C=O) groups excluding carboxylic acids is 2. The summed E-state index contributed by atoms with van der Waals surface area (Å²) in [7, 11) is 0. The van der Waals surface area contributed by atoms with Crippen molar-refractivity contribution in [2.24, 2.45) is 0 Å². The van der Waals surface area contributed by atoms with E-state index in [0.29, 0.717) is 18.7 Å². The Morgan fingerprint density at radius 1 is 1.27 bits per heavy atom. The number of nitrogens with zero attached hydrogens (tertiary/aromatic N) is 2. The zero-order chi connectivity index (χ0) is 21.3. The monoisotopic (exact) mass is 410 g/mol. The molecular formula is C23H27FN4O2. The first kappa shape index (κ1) is 20.3. The summed E-state index contributed by atoms with van der Waals surface area (Å²) in [4.78, 5) is 27.7. The van der Waals surface area contributed by atoms with Gasteiger partial charge in [0.2, 0.25) is 5.91 Å². The number of rotatable bonds is 6. The summed E-state index contributed by atoms with van der Waals surface area (Å²) in [6, 6.07) is 6.31. The first-order valence-corrected chi connectivity index (χ1v) is 10.5. The summed E-state index contributed by atoms with van der Waals surface area (Å²) in [5.74, 6) is -0.505. The third-order valence-corrected chi connectivity index (χ3v) is 6.21. The molecule has 1 aliphatic carbocycles. The number of nitrogens with one attached hydrogen (secondary N) is 2. The molecule has 2 N–H and O–H groups in total. The highest BCUT2D eigenvalue weighted by molar-refractivity contribution is 6.02. The quantitative estimate of drug-likeness (QED) is 0.766. The summed E-state index contributed by atoms with van der Waals surface area (Å²) in [6.07, 6.45) is 3.99. The molecule has 1 saturated carbocycles. The van der Waals surface area contributed by atoms with E-state index in [0.717, 1.165) is 53.8 Å². The lowest BCUT2D eigenvalue weighted by atomic mass is 9.88. The molecule has 1 fully saturated rings. The number of amides is 2. The molecule has 0 radical (unpaired) electrons. The Morgan fingerprint density at radius 3 is 2.73 bits per heavy atom. The molecule has 30 heavy (non-hydrogen) atoms. The summed E-state index contributed by atoms with van der Waals surface area (Å²) in [6.45, 7) is 4.65. The fourth-order valence-corrected chi connectivity index (χ4v) is 4.54. The van der Waals surface area contributed by atoms with Crippen molar-refractivity contribution in [3.8, 4) is 0 Å². The van der Waals surface area contributed by atoms with Gasteiger partial charge in [0.1, 0.15) is 5.82 Å². The molecule has 2 aromatic rings. The van der Waals surface area contributed by atoms with Crippen LogP contribution in [-0.4, -0.2) is 33.0 Å². The van der Waals surface area contributed by atoms with Crippen LogP contribution in [0.3, 0.4) is 0 Å². The largest absolute Gasteiger partial charge is 0.352 e. The number of carbonyl (C=O) groups is 2. The van der Waals surface area contributed by atoms with Gasteiger partial charge in [0.05, 0.1) is 18.2 Å². The van der Waals surface area contributed by atoms with Gasteiger partial charge >= 0.3 is 0 Å². The molecule has 2 amide bonds. The fraction of sp³-hybridized carbons (Fsp3) is 0.435. The van der Waals surface area contributed by atoms with Crippen molar-refractivity contribution in [3.05, 3.63) is 63.7 Å². The first-order chi connectivity index (χ1) is 14.4. The maximum Gasteiger partial charge on any atom is 0.251 e. The average molecular weight is 410 g/mol. The van der Waals surface area contributed by atoms with Gasteiger partial charge in [-0.05, 0) is 56.4 Å². The highest BCUT2D eigenvalue weighted by atomic mass is 19.1. The van der Waals surface area contributed by atoms with E-state index < -0.39 is 0 Å². The van der Waals surface area contributed by atoms with Crippen molar-refractivity contribution in [2.45, 2.75) is 65.1 Å². The molecule has 0 bridgehead atoms. The molecule has 2 heterocycles. The Labute approximate surface area is 175 Å². The number of hydrogen-bond acceptors (Lipinski definition) is 3. The third kappa shape index (κ3) is 4.01. The van der Waals surface area contributed by atoms with Gasteiger partial charge in [-0.25, -0.2) is 4.39 Å². The Kier molecular flexibility index (Phi) is 5.70. The zero-order valence-corrected chi connectivity index (χ0v) is 17.4. The molecule has 0 spiro atoms. The second kappa shape index (κ2) is 8.42. The van der Waals surface area contributed by atoms with Gasteiger partial charge in [-0.2, -0.15) is 5.10 Å². The van der Waals surface area contributed by atoms with E-state index in [9.17, 15) is 14.0 Å². The lowest BCUT2D eigenvalue weighted by Crippen LogP contribution is -2.36. The highest BCUT2D eigenvalue weighted by Gasteiger charge is 2.40. The van der Waals surface area contributed by atoms with Crippen LogP contribution in [0, 0.1) is 19.7 Å². The minimum atomic E-state index is -0.288. The molecule has 1 unspecified atom stereocenters. The Morgan fingerprint density at radius 2 is 2.03 bits per heavy atom. The van der Waals surface area contributed by atoms with Crippen LogP contribution in [0.25, 0.3) is 0 Å². The molecule has 1 aromatic carbocycles. The molecule has 0 saturated heterocycles. The highest BCUT2D eigenvalue weighted by Crippen LogP contribution is 2.38. The van der Waals surface area contributed by atoms with Gasteiger partial charge in [0.15, 0.2) is 0 Å². The number of aromatic nitrogens is 2. The smallest absolute Gasteiger partial charge is 0.251 e. The van der Waals surface area contributed by atoms with E-state index in [4.69, 9.17) is 0 Å². The van der Waals surface area contributed by atoms with Crippen molar-refractivity contribution in [1.29, 1.82) is 0 Å². The fourth-order valence-electron chi connectivity index (χ4n) is 4.54. The summed E-state index contributed by atoms with van der Waals surface area (Å²) >= 11 is 0. The predicted octanol–water partition coefficient (Wildman–Crippen LogP) is 3.45. The summed E-state index contributed by atoms with van der Waals surface area (Å²) in [5, 5.41) is 10.00. The number of halogens is 1. The van der Waals surface area contributed by atoms with Gasteiger partial charge in [0, 0.05) is 29.9 Å². The van der Waals surface area contributed by atoms with Gasteiger partial charge in [0.25, 0.3) is 5.91 Å². The van der Waals surface area contributed by atoms with Crippen molar-refractivity contribution in [2.75, 3.05) is 0 Å². The standard InChI is InChI=1S/C23H27FN4O2/c1-14-20(15(2)27-26-14)12-25-22(29)11-19-18-5-3-4-6-21(18)28(23(19)30)13-16-7-9-17(24)10-8-16/h7-10,21H,3-6,11-13H2,1-2H3,(H,25,29)(H,26,27). The summed E-state index contributed by atoms with van der Waals surface area (Å²) in [5.41, 5.74) is 5.42. The Bertz CT molecular complexity index is 974. The van der Waals surface area contributed by atoms with Crippen LogP contribution < -0.4 is 5.32 Å². The molecule has 2 aliphatic rings. The van der Waals surface area contributed by atoms with Gasteiger partial charge < -0.3 is 10.2 Å². The normalized spacial score (nSPS) is 18.7. The number of aryl methyl sites for hydroxylation is 2. The van der Waals surface area contributed by atoms with E-state index in [2.05, 4.69) is 15.5 Å². The van der Waals surface area contributed by atoms with Crippen molar-refractivity contribution in [1.82, 2.24) is 20.4 Å². The van der Waals surface area contributed by atoms with Crippen LogP contribution in [0.5, 0.6) is 0 Å². The maximum absolute atomic E-state index is 13.2. The number of hydrogen-bond donors (Lipinski definition) is 2. The van der Waals surface area contributed by atoms with Crippen LogP contribution >= 0.6 is 0 Å². The van der Waals surface area contributed by atoms with Crippen molar-refractivity contribution < 1.29 is 14.0 Å². The third-order valence-electron chi connectivity index (χ3n) is 6.21.